The van der Waals surface area contributed by atoms with E-state index in [1.54, 1.807) is 5.59 Å². The number of hydrazine groups is 1. The molecule has 0 bridgehead atoms. The molecule has 0 saturated heterocycles. The maximum atomic E-state index is 11.7. The van der Waals surface area contributed by atoms with Gasteiger partial charge < -0.3 is 17.2 Å². The first kappa shape index (κ1) is 19.6. The summed E-state index contributed by atoms with van der Waals surface area (Å²) in [6.45, 7) is 0.389. The maximum Gasteiger partial charge on any atom is 0.249 e. The second-order valence-electron chi connectivity index (χ2n) is 5.58. The van der Waals surface area contributed by atoms with E-state index in [1.807, 2.05) is 6.26 Å². The number of carbonyl (C=O) groups is 1. The van der Waals surface area contributed by atoms with Crippen molar-refractivity contribution in [3.8, 4) is 0 Å². The lowest BCUT2D eigenvalue weighted by molar-refractivity contribution is -0.124. The normalized spacial score (nSPS) is 17.6. The van der Waals surface area contributed by atoms with Crippen LogP contribution in [0, 0.1) is 5.92 Å². The van der Waals surface area contributed by atoms with E-state index in [9.17, 15) is 4.79 Å². The largest absolute Gasteiger partial charge is 0.385 e. The van der Waals surface area contributed by atoms with Gasteiger partial charge in [0.05, 0.1) is 5.25 Å². The first-order valence-electron chi connectivity index (χ1n) is 7.78. The van der Waals surface area contributed by atoms with Gasteiger partial charge in [-0.05, 0) is 31.4 Å². The number of hydrogen-bond acceptors (Lipinski definition) is 7. The van der Waals surface area contributed by atoms with Gasteiger partial charge in [0.25, 0.3) is 0 Å². The minimum Gasteiger partial charge on any atom is -0.385 e. The van der Waals surface area contributed by atoms with Gasteiger partial charge in [0.1, 0.15) is 11.7 Å². The zero-order chi connectivity index (χ0) is 17.2. The number of nitrogens with one attached hydrogen (secondary N) is 2. The molecule has 0 aromatic heterocycles. The summed E-state index contributed by atoms with van der Waals surface area (Å²) in [5.41, 5.74) is 22.2. The first-order valence-corrected chi connectivity index (χ1v) is 9.07. The highest BCUT2D eigenvalue weighted by atomic mass is 32.2. The number of amides is 1. The monoisotopic (exact) mass is 344 g/mol. The summed E-state index contributed by atoms with van der Waals surface area (Å²) in [4.78, 5) is 16.0. The SMILES string of the molecule is CS[C@H](CCN=C(N)C(=C(N)N)C1CCCCC1)C(=O)NNO. The fraction of sp³-hybridized carbons (Fsp3) is 0.714. The molecule has 0 aromatic carbocycles. The second kappa shape index (κ2) is 10.3. The van der Waals surface area contributed by atoms with E-state index in [0.717, 1.165) is 31.3 Å². The summed E-state index contributed by atoms with van der Waals surface area (Å²) in [6.07, 6.45) is 7.91. The lowest BCUT2D eigenvalue weighted by Crippen LogP contribution is -2.40. The molecule has 0 aromatic rings. The van der Waals surface area contributed by atoms with Crippen LogP contribution in [0.25, 0.3) is 0 Å². The minimum absolute atomic E-state index is 0.238. The van der Waals surface area contributed by atoms with Crippen LogP contribution in [-0.4, -0.2) is 35.0 Å². The topological polar surface area (TPSA) is 152 Å². The van der Waals surface area contributed by atoms with Crippen molar-refractivity contribution in [1.82, 2.24) is 11.0 Å². The molecule has 1 amide bonds. The summed E-state index contributed by atoms with van der Waals surface area (Å²) in [5, 5.41) is 8.17. The van der Waals surface area contributed by atoms with Crippen molar-refractivity contribution in [2.45, 2.75) is 43.8 Å². The highest BCUT2D eigenvalue weighted by molar-refractivity contribution is 7.99. The fourth-order valence-electron chi connectivity index (χ4n) is 2.86. The van der Waals surface area contributed by atoms with Crippen molar-refractivity contribution in [3.05, 3.63) is 11.4 Å². The lowest BCUT2D eigenvalue weighted by Gasteiger charge is -2.25. The summed E-state index contributed by atoms with van der Waals surface area (Å²) in [7, 11) is 0. The molecular formula is C14H28N6O2S. The Morgan fingerprint density at radius 2 is 1.96 bits per heavy atom. The third-order valence-electron chi connectivity index (χ3n) is 4.03. The van der Waals surface area contributed by atoms with Gasteiger partial charge in [0, 0.05) is 12.1 Å². The number of hydrogen-bond donors (Lipinski definition) is 6. The number of nitrogens with zero attached hydrogens (tertiary/aromatic N) is 1. The van der Waals surface area contributed by atoms with Crippen LogP contribution in [0.3, 0.4) is 0 Å². The Balaban J connectivity index is 2.66. The molecule has 1 aliphatic carbocycles. The van der Waals surface area contributed by atoms with Crippen molar-refractivity contribution in [1.29, 1.82) is 0 Å². The van der Waals surface area contributed by atoms with Crippen molar-refractivity contribution < 1.29 is 10.0 Å². The molecule has 0 heterocycles. The predicted molar refractivity (Wildman–Crippen MR) is 93.5 cm³/mol. The second-order valence-corrected chi connectivity index (χ2v) is 6.63. The number of amidine groups is 1. The Kier molecular flexibility index (Phi) is 8.82. The van der Waals surface area contributed by atoms with Crippen LogP contribution >= 0.6 is 11.8 Å². The number of nitrogens with two attached hydrogens (primary N) is 3. The molecule has 132 valence electrons. The van der Waals surface area contributed by atoms with E-state index in [0.29, 0.717) is 18.8 Å². The number of rotatable bonds is 8. The number of carbonyl (C=O) groups excluding carboxylic acids is 1. The fourth-order valence-corrected chi connectivity index (χ4v) is 3.48. The summed E-state index contributed by atoms with van der Waals surface area (Å²) < 4.78 is 0. The molecule has 1 aliphatic rings. The van der Waals surface area contributed by atoms with Gasteiger partial charge in [-0.1, -0.05) is 19.3 Å². The molecule has 0 aliphatic heterocycles. The molecule has 9 heteroatoms. The van der Waals surface area contributed by atoms with Gasteiger partial charge in [0.2, 0.25) is 5.91 Å². The van der Waals surface area contributed by atoms with Gasteiger partial charge in [-0.15, -0.1) is 5.59 Å². The number of thioether (sulfide) groups is 1. The molecule has 1 saturated carbocycles. The molecule has 1 atom stereocenters. The quantitative estimate of drug-likeness (QED) is 0.209. The average Bonchev–Trinajstić information content (AvgIpc) is 2.52. The van der Waals surface area contributed by atoms with Crippen LogP contribution in [0.4, 0.5) is 0 Å². The Bertz CT molecular complexity index is 445. The van der Waals surface area contributed by atoms with Crippen LogP contribution in [-0.2, 0) is 4.79 Å². The molecular weight excluding hydrogens is 316 g/mol. The molecule has 9 N–H and O–H groups in total. The molecule has 0 unspecified atom stereocenters. The smallest absolute Gasteiger partial charge is 0.249 e. The Hall–Kier alpha value is -1.45. The van der Waals surface area contributed by atoms with Crippen LogP contribution < -0.4 is 28.2 Å². The van der Waals surface area contributed by atoms with E-state index in [4.69, 9.17) is 22.4 Å². The minimum atomic E-state index is -0.330. The van der Waals surface area contributed by atoms with E-state index >= 15 is 0 Å². The van der Waals surface area contributed by atoms with Crippen LogP contribution in [0.1, 0.15) is 38.5 Å². The molecule has 0 spiro atoms. The first-order chi connectivity index (χ1) is 11.0. The van der Waals surface area contributed by atoms with Crippen LogP contribution in [0.15, 0.2) is 16.4 Å². The Morgan fingerprint density at radius 1 is 1.30 bits per heavy atom. The van der Waals surface area contributed by atoms with Gasteiger partial charge in [-0.25, -0.2) is 0 Å². The summed E-state index contributed by atoms with van der Waals surface area (Å²) in [5.74, 6) is 0.574. The summed E-state index contributed by atoms with van der Waals surface area (Å²) >= 11 is 1.38. The average molecular weight is 344 g/mol. The van der Waals surface area contributed by atoms with E-state index in [2.05, 4.69) is 10.4 Å². The van der Waals surface area contributed by atoms with E-state index in [-0.39, 0.29) is 22.9 Å². The van der Waals surface area contributed by atoms with Crippen molar-refractivity contribution in [2.24, 2.45) is 28.1 Å². The van der Waals surface area contributed by atoms with E-state index < -0.39 is 0 Å². The zero-order valence-electron chi connectivity index (χ0n) is 13.5. The lowest BCUT2D eigenvalue weighted by atomic mass is 9.83. The van der Waals surface area contributed by atoms with Gasteiger partial charge >= 0.3 is 0 Å². The highest BCUT2D eigenvalue weighted by Gasteiger charge is 2.23. The third kappa shape index (κ3) is 6.28. The number of aliphatic imine (C=N–C) groups is 1. The van der Waals surface area contributed by atoms with Gasteiger partial charge in [-0.2, -0.15) is 11.8 Å². The predicted octanol–water partition coefficient (Wildman–Crippen LogP) is 0.185. The third-order valence-corrected chi connectivity index (χ3v) is 5.05. The zero-order valence-corrected chi connectivity index (χ0v) is 14.4. The van der Waals surface area contributed by atoms with Gasteiger partial charge in [-0.3, -0.25) is 20.4 Å². The van der Waals surface area contributed by atoms with Gasteiger partial charge in [0.15, 0.2) is 0 Å². The standard InChI is InChI=1S/C14H28N6O2S/c1-23-10(14(21)19-20-22)7-8-18-13(17)11(12(15)16)9-5-3-2-4-6-9/h9-10,20,22H,2-8,15-16H2,1H3,(H2,17,18)(H,19,21)/t10-/m1/s1. The van der Waals surface area contributed by atoms with Crippen LogP contribution in [0.5, 0.6) is 0 Å². The molecule has 23 heavy (non-hydrogen) atoms. The molecule has 8 nitrogen and oxygen atoms in total. The molecule has 1 fully saturated rings. The molecule has 1 rings (SSSR count). The Labute approximate surface area is 141 Å². The van der Waals surface area contributed by atoms with E-state index in [1.165, 1.54) is 18.2 Å². The van der Waals surface area contributed by atoms with Crippen LogP contribution in [0.2, 0.25) is 0 Å². The summed E-state index contributed by atoms with van der Waals surface area (Å²) in [6, 6.07) is 0. The Morgan fingerprint density at radius 3 is 2.48 bits per heavy atom. The maximum absolute atomic E-state index is 11.7. The van der Waals surface area contributed by atoms with Crippen molar-refractivity contribution >= 4 is 23.5 Å². The van der Waals surface area contributed by atoms with Crippen molar-refractivity contribution in [2.75, 3.05) is 12.8 Å². The highest BCUT2D eigenvalue weighted by Crippen LogP contribution is 2.30. The molecule has 0 radical (unpaired) electrons. The van der Waals surface area contributed by atoms with Crippen molar-refractivity contribution in [3.63, 3.8) is 0 Å².